The second-order valence-corrected chi connectivity index (χ2v) is 23.0. The number of amides is 9. The van der Waals surface area contributed by atoms with Crippen LogP contribution in [0.25, 0.3) is 0 Å². The smallest absolute Gasteiger partial charge is 0.305 e. The first kappa shape index (κ1) is 66.8. The van der Waals surface area contributed by atoms with Crippen molar-refractivity contribution in [3.63, 3.8) is 0 Å². The number of hydrogen-bond donors (Lipinski definition) is 14. The van der Waals surface area contributed by atoms with Gasteiger partial charge in [0.1, 0.15) is 53.8 Å². The summed E-state index contributed by atoms with van der Waals surface area (Å²) < 4.78 is 0. The van der Waals surface area contributed by atoms with Crippen molar-refractivity contribution < 1.29 is 68.4 Å². The highest BCUT2D eigenvalue weighted by Gasteiger charge is 2.40. The fourth-order valence-electron chi connectivity index (χ4n) is 8.82. The number of aliphatic hydroxyl groups is 1. The molecule has 0 spiro atoms. The van der Waals surface area contributed by atoms with E-state index in [0.717, 1.165) is 21.6 Å². The first-order chi connectivity index (χ1) is 38.5. The molecule has 2 aliphatic rings. The van der Waals surface area contributed by atoms with Crippen LogP contribution < -0.4 is 53.2 Å². The molecular formula is C53H80N12O14S2. The summed E-state index contributed by atoms with van der Waals surface area (Å²) in [7, 11) is 5.83. The Morgan fingerprint density at radius 3 is 1.81 bits per heavy atom. The number of carbonyl (C=O) groups is 10. The second-order valence-electron chi connectivity index (χ2n) is 20.5. The average Bonchev–Trinajstić information content (AvgIpc) is 3.97. The maximum Gasteiger partial charge on any atom is 0.305 e. The highest BCUT2D eigenvalue weighted by molar-refractivity contribution is 8.76. The molecule has 81 heavy (non-hydrogen) atoms. The molecule has 9 atom stereocenters. The van der Waals surface area contributed by atoms with Gasteiger partial charge in [0.05, 0.1) is 25.6 Å². The molecular weight excluding hydrogens is 1090 g/mol. The zero-order chi connectivity index (χ0) is 59.8. The summed E-state index contributed by atoms with van der Waals surface area (Å²) in [4.78, 5) is 142. The first-order valence-corrected chi connectivity index (χ1v) is 29.4. The Morgan fingerprint density at radius 1 is 0.728 bits per heavy atom. The molecule has 2 fully saturated rings. The fourth-order valence-corrected chi connectivity index (χ4v) is 11.3. The topological polar surface area (TPSA) is 378 Å². The summed E-state index contributed by atoms with van der Waals surface area (Å²) in [6.07, 6.45) is -2.11. The molecule has 28 heteroatoms. The monoisotopic (exact) mass is 1170 g/mol. The highest BCUT2D eigenvalue weighted by Crippen LogP contribution is 2.25. The Morgan fingerprint density at radius 2 is 1.27 bits per heavy atom. The first-order valence-electron chi connectivity index (χ1n) is 26.9. The predicted octanol–water partition coefficient (Wildman–Crippen LogP) is -2.56. The van der Waals surface area contributed by atoms with Crippen molar-refractivity contribution in [2.24, 2.45) is 5.92 Å². The molecule has 0 aromatic heterocycles. The number of carboxylic acid groups (broad SMARTS) is 1. The molecule has 2 aromatic carbocycles. The number of likely N-dealkylation sites (tertiary alicyclic amines) is 1. The van der Waals surface area contributed by atoms with Gasteiger partial charge in [0, 0.05) is 63.1 Å². The maximum absolute atomic E-state index is 14.5. The molecule has 448 valence electrons. The van der Waals surface area contributed by atoms with Crippen molar-refractivity contribution in [1.82, 2.24) is 63.0 Å². The Kier molecular flexibility index (Phi) is 27.9. The van der Waals surface area contributed by atoms with Crippen LogP contribution in [0.2, 0.25) is 0 Å². The third-order valence-corrected chi connectivity index (χ3v) is 15.7. The molecule has 2 aromatic rings. The molecule has 0 saturated carbocycles. The standard InChI is InChI=1S/C53H80N12O14S2/c1-30(2)22-40(58-44(70)27-64(20-17-54-5)21-18-55-6)53(79)65-19-7-8-42(65)51(77)62-41-29-81-80-28-31(3)57-52(78)46(32(4)66)63-43(69)26-56-47(73)37(23-33-9-13-35(67)14-10-33)59-48(74)38(24-34-11-15-36(68)16-12-34)60-49(75)39(25-45(71)72)61-50(41)76/h9-16,30-32,37-42,46,54-55,66-68H,7-8,17-29H2,1-6H3,(H,56,73)(H,57,78)(H,58,70)(H,59,74)(H,60,75)(H,61,76)(H,62,77)(H,63,69)(H,71,72)/t31-,32?,37+,38+,39+,40+,41+,42+,46+/m1/s1. The number of aliphatic hydroxyl groups excluding tert-OH is 1. The summed E-state index contributed by atoms with van der Waals surface area (Å²) in [6, 6.07) is 0.502. The van der Waals surface area contributed by atoms with Gasteiger partial charge in [-0.2, -0.15) is 0 Å². The lowest BCUT2D eigenvalue weighted by molar-refractivity contribution is -0.143. The number of phenols is 2. The van der Waals surface area contributed by atoms with Crippen LogP contribution in [0.15, 0.2) is 48.5 Å². The van der Waals surface area contributed by atoms with E-state index in [-0.39, 0.29) is 73.6 Å². The zero-order valence-electron chi connectivity index (χ0n) is 46.6. The van der Waals surface area contributed by atoms with Crippen molar-refractivity contribution in [3.8, 4) is 11.5 Å². The van der Waals surface area contributed by atoms with Crippen molar-refractivity contribution in [1.29, 1.82) is 0 Å². The molecule has 9 amide bonds. The number of phenolic OH excluding ortho intramolecular Hbond substituents is 2. The van der Waals surface area contributed by atoms with Crippen molar-refractivity contribution >= 4 is 80.7 Å². The van der Waals surface area contributed by atoms with Gasteiger partial charge in [0.25, 0.3) is 0 Å². The quantitative estimate of drug-likeness (QED) is 0.0572. The van der Waals surface area contributed by atoms with E-state index < -0.39 is 121 Å². The minimum absolute atomic E-state index is 0.0157. The number of benzene rings is 2. The van der Waals surface area contributed by atoms with E-state index in [2.05, 4.69) is 53.2 Å². The summed E-state index contributed by atoms with van der Waals surface area (Å²) in [6.45, 7) is 8.54. The number of carbonyl (C=O) groups excluding carboxylic acids is 9. The molecule has 1 unspecified atom stereocenters. The lowest BCUT2D eigenvalue weighted by Gasteiger charge is -2.31. The Bertz CT molecular complexity index is 2450. The van der Waals surface area contributed by atoms with Gasteiger partial charge in [-0.3, -0.25) is 52.8 Å². The molecule has 0 bridgehead atoms. The molecule has 2 heterocycles. The number of hydrogen-bond acceptors (Lipinski definition) is 18. The second kappa shape index (κ2) is 33.9. The number of likely N-dealkylation sites (N-methyl/N-ethyl adjacent to an activating group) is 2. The van der Waals surface area contributed by atoms with Gasteiger partial charge in [-0.15, -0.1) is 0 Å². The van der Waals surface area contributed by atoms with Gasteiger partial charge in [-0.05, 0) is 88.5 Å². The molecule has 14 N–H and O–H groups in total. The number of carboxylic acids is 1. The highest BCUT2D eigenvalue weighted by atomic mass is 33.1. The Labute approximate surface area is 479 Å². The van der Waals surface area contributed by atoms with E-state index in [1.807, 2.05) is 18.7 Å². The van der Waals surface area contributed by atoms with Gasteiger partial charge in [0.2, 0.25) is 53.2 Å². The van der Waals surface area contributed by atoms with E-state index in [0.29, 0.717) is 43.7 Å². The van der Waals surface area contributed by atoms with E-state index in [1.165, 1.54) is 60.4 Å². The third kappa shape index (κ3) is 23.0. The van der Waals surface area contributed by atoms with Crippen LogP contribution in [0.4, 0.5) is 0 Å². The fraction of sp³-hybridized carbons (Fsp3) is 0.585. The summed E-state index contributed by atoms with van der Waals surface area (Å²) in [5.74, 6) is -9.17. The molecule has 0 radical (unpaired) electrons. The number of rotatable bonds is 21. The van der Waals surface area contributed by atoms with Gasteiger partial charge in [-0.25, -0.2) is 0 Å². The van der Waals surface area contributed by atoms with Gasteiger partial charge in [0.15, 0.2) is 0 Å². The molecule has 0 aliphatic carbocycles. The number of aliphatic carboxylic acids is 1. The van der Waals surface area contributed by atoms with Crippen LogP contribution in [0.5, 0.6) is 11.5 Å². The van der Waals surface area contributed by atoms with Crippen molar-refractivity contribution in [2.75, 3.05) is 71.4 Å². The minimum Gasteiger partial charge on any atom is -0.508 e. The predicted molar refractivity (Wildman–Crippen MR) is 303 cm³/mol. The van der Waals surface area contributed by atoms with Crippen LogP contribution >= 0.6 is 21.6 Å². The summed E-state index contributed by atoms with van der Waals surface area (Å²) >= 11 is 0. The molecule has 2 saturated heterocycles. The van der Waals surface area contributed by atoms with Crippen LogP contribution in [0, 0.1) is 5.92 Å². The third-order valence-electron chi connectivity index (χ3n) is 13.1. The summed E-state index contributed by atoms with van der Waals surface area (Å²) in [5, 5.41) is 67.4. The SMILES string of the molecule is CNCCN(CCNC)CC(=O)N[C@@H](CC(C)C)C(=O)N1CCC[C@H]1C(=O)N[C@H]1CSSC[C@@H](C)NC(=O)[C@H](C(C)O)NC(=O)CNC(=O)[C@H](Cc2ccc(O)cc2)NC(=O)[C@H](Cc2ccc(O)cc2)NC(=O)[C@H](CC(=O)O)NC1=O. The largest absolute Gasteiger partial charge is 0.508 e. The summed E-state index contributed by atoms with van der Waals surface area (Å²) in [5.41, 5.74) is 0.815. The van der Waals surface area contributed by atoms with Gasteiger partial charge < -0.3 is 78.5 Å². The van der Waals surface area contributed by atoms with Crippen LogP contribution in [0.1, 0.15) is 64.5 Å². The van der Waals surface area contributed by atoms with Gasteiger partial charge in [-0.1, -0.05) is 59.7 Å². The number of aromatic hydroxyl groups is 2. The van der Waals surface area contributed by atoms with Gasteiger partial charge >= 0.3 is 5.97 Å². The Balaban J connectivity index is 1.70. The number of nitrogens with zero attached hydrogens (tertiary/aromatic N) is 2. The van der Waals surface area contributed by atoms with Crippen molar-refractivity contribution in [2.45, 2.75) is 121 Å². The molecule has 26 nitrogen and oxygen atoms in total. The molecule has 4 rings (SSSR count). The van der Waals surface area contributed by atoms with Crippen LogP contribution in [-0.2, 0) is 60.8 Å². The molecule has 2 aliphatic heterocycles. The van der Waals surface area contributed by atoms with Crippen LogP contribution in [-0.4, -0.2) is 215 Å². The van der Waals surface area contributed by atoms with E-state index in [1.54, 1.807) is 21.0 Å². The Hall–Kier alpha value is -6.72. The minimum atomic E-state index is -1.88. The zero-order valence-corrected chi connectivity index (χ0v) is 48.2. The number of nitrogens with one attached hydrogen (secondary N) is 10. The van der Waals surface area contributed by atoms with Crippen molar-refractivity contribution in [3.05, 3.63) is 59.7 Å². The van der Waals surface area contributed by atoms with E-state index in [9.17, 15) is 68.4 Å². The lowest BCUT2D eigenvalue weighted by Crippen LogP contribution is -2.60. The lowest BCUT2D eigenvalue weighted by atomic mass is 10.0. The normalized spacial score (nSPS) is 23.0. The van der Waals surface area contributed by atoms with E-state index >= 15 is 0 Å². The maximum atomic E-state index is 14.5. The van der Waals surface area contributed by atoms with E-state index in [4.69, 9.17) is 0 Å². The van der Waals surface area contributed by atoms with Crippen LogP contribution in [0.3, 0.4) is 0 Å². The average molecular weight is 1170 g/mol.